The lowest BCUT2D eigenvalue weighted by Gasteiger charge is -2.18. The van der Waals surface area contributed by atoms with Gasteiger partial charge in [0.2, 0.25) is 5.91 Å². The van der Waals surface area contributed by atoms with E-state index in [0.29, 0.717) is 17.0 Å². The average Bonchev–Trinajstić information content (AvgIpc) is 3.45. The van der Waals surface area contributed by atoms with Gasteiger partial charge in [-0.25, -0.2) is 9.69 Å². The Bertz CT molecular complexity index is 1060. The van der Waals surface area contributed by atoms with Crippen molar-refractivity contribution in [3.63, 3.8) is 0 Å². The molecule has 1 atom stereocenters. The maximum atomic E-state index is 12.8. The lowest BCUT2D eigenvalue weighted by Crippen LogP contribution is -2.42. The second kappa shape index (κ2) is 9.95. The quantitative estimate of drug-likeness (QED) is 0.375. The molecule has 33 heavy (non-hydrogen) atoms. The van der Waals surface area contributed by atoms with E-state index < -0.39 is 18.6 Å². The van der Waals surface area contributed by atoms with Gasteiger partial charge in [0.15, 0.2) is 12.4 Å². The first kappa shape index (κ1) is 22.7. The van der Waals surface area contributed by atoms with Crippen molar-refractivity contribution in [2.45, 2.75) is 44.2 Å². The highest BCUT2D eigenvalue weighted by Gasteiger charge is 2.40. The third-order valence-corrected chi connectivity index (χ3v) is 6.03. The molecule has 172 valence electrons. The lowest BCUT2D eigenvalue weighted by molar-refractivity contribution is -0.121. The molecule has 0 bridgehead atoms. The predicted octanol–water partition coefficient (Wildman–Crippen LogP) is 2.90. The molecule has 1 N–H and O–H groups in total. The number of methoxy groups -OCH3 is 1. The van der Waals surface area contributed by atoms with Gasteiger partial charge >= 0.3 is 5.97 Å². The second-order valence-corrected chi connectivity index (χ2v) is 8.25. The fraction of sp³-hybridized carbons (Fsp3) is 0.360. The highest BCUT2D eigenvalue weighted by atomic mass is 16.5. The van der Waals surface area contributed by atoms with Crippen LogP contribution in [0.15, 0.2) is 48.5 Å². The van der Waals surface area contributed by atoms with Crippen LogP contribution in [-0.4, -0.2) is 49.4 Å². The Morgan fingerprint density at radius 1 is 1.03 bits per heavy atom. The van der Waals surface area contributed by atoms with Gasteiger partial charge in [-0.15, -0.1) is 0 Å². The molecule has 0 radical (unpaired) electrons. The first-order valence-corrected chi connectivity index (χ1v) is 11.0. The van der Waals surface area contributed by atoms with Crippen molar-refractivity contribution < 1.29 is 28.7 Å². The molecule has 0 aromatic heterocycles. The Kier molecular flexibility index (Phi) is 6.84. The van der Waals surface area contributed by atoms with Crippen molar-refractivity contribution >= 4 is 29.3 Å². The van der Waals surface area contributed by atoms with Crippen LogP contribution in [0.2, 0.25) is 0 Å². The van der Waals surface area contributed by atoms with E-state index in [0.717, 1.165) is 30.6 Å². The van der Waals surface area contributed by atoms with Gasteiger partial charge in [-0.1, -0.05) is 25.0 Å². The van der Waals surface area contributed by atoms with Crippen LogP contribution in [-0.2, 0) is 14.3 Å². The van der Waals surface area contributed by atoms with Gasteiger partial charge in [0.25, 0.3) is 5.91 Å². The summed E-state index contributed by atoms with van der Waals surface area (Å²) in [6.07, 6.45) is 4.45. The minimum absolute atomic E-state index is 0.130. The van der Waals surface area contributed by atoms with Crippen LogP contribution in [0.25, 0.3) is 0 Å². The molecule has 8 nitrogen and oxygen atoms in total. The minimum Gasteiger partial charge on any atom is -0.497 e. The first-order chi connectivity index (χ1) is 16.0. The van der Waals surface area contributed by atoms with Crippen LogP contribution >= 0.6 is 0 Å². The highest BCUT2D eigenvalue weighted by Crippen LogP contribution is 2.26. The van der Waals surface area contributed by atoms with Crippen LogP contribution in [0.4, 0.5) is 5.69 Å². The molecule has 1 saturated heterocycles. The molecular weight excluding hydrogens is 424 g/mol. The van der Waals surface area contributed by atoms with E-state index in [-0.39, 0.29) is 35.6 Å². The number of rotatable bonds is 8. The number of benzene rings is 2. The number of ketones is 1. The average molecular weight is 450 g/mol. The van der Waals surface area contributed by atoms with Gasteiger partial charge in [0.05, 0.1) is 30.8 Å². The molecule has 1 aliphatic carbocycles. The molecule has 1 aliphatic heterocycles. The summed E-state index contributed by atoms with van der Waals surface area (Å²) in [7, 11) is 1.50. The van der Waals surface area contributed by atoms with Gasteiger partial charge in [0.1, 0.15) is 5.75 Å². The van der Waals surface area contributed by atoms with E-state index in [9.17, 15) is 19.2 Å². The number of imide groups is 1. The summed E-state index contributed by atoms with van der Waals surface area (Å²) in [5.41, 5.74) is 1.01. The van der Waals surface area contributed by atoms with Gasteiger partial charge in [-0.3, -0.25) is 14.4 Å². The number of Topliss-reactive ketones (excluding diaryl/α,β-unsaturated/α-hetero) is 1. The van der Waals surface area contributed by atoms with Crippen molar-refractivity contribution in [2.24, 2.45) is 0 Å². The third kappa shape index (κ3) is 5.12. The number of hydrogen-bond donors (Lipinski definition) is 1. The third-order valence-electron chi connectivity index (χ3n) is 6.03. The van der Waals surface area contributed by atoms with Gasteiger partial charge in [-0.2, -0.15) is 0 Å². The van der Waals surface area contributed by atoms with E-state index in [2.05, 4.69) is 5.32 Å². The summed E-state index contributed by atoms with van der Waals surface area (Å²) in [6, 6.07) is 12.4. The van der Waals surface area contributed by atoms with Gasteiger partial charge < -0.3 is 14.8 Å². The zero-order valence-electron chi connectivity index (χ0n) is 18.4. The molecule has 2 aliphatic rings. The van der Waals surface area contributed by atoms with Crippen molar-refractivity contribution in [3.8, 4) is 5.75 Å². The van der Waals surface area contributed by atoms with E-state index in [1.165, 1.54) is 31.4 Å². The number of ether oxygens (including phenoxy) is 2. The number of anilines is 1. The molecule has 1 heterocycles. The van der Waals surface area contributed by atoms with Crippen molar-refractivity contribution in [1.82, 2.24) is 5.32 Å². The zero-order chi connectivity index (χ0) is 23.4. The van der Waals surface area contributed by atoms with Crippen LogP contribution in [0.5, 0.6) is 5.75 Å². The Balaban J connectivity index is 1.35. The first-order valence-electron chi connectivity index (χ1n) is 11.0. The summed E-state index contributed by atoms with van der Waals surface area (Å²) in [4.78, 5) is 51.1. The van der Waals surface area contributed by atoms with Crippen LogP contribution < -0.4 is 15.0 Å². The summed E-state index contributed by atoms with van der Waals surface area (Å²) >= 11 is 0. The van der Waals surface area contributed by atoms with E-state index in [1.54, 1.807) is 24.3 Å². The summed E-state index contributed by atoms with van der Waals surface area (Å²) in [6.45, 7) is -0.411. The standard InChI is InChI=1S/C25H26N2O6/c1-32-20-8-4-5-17(13-20)22(28)15-33-25(31)16-9-11-19(12-10-16)27-23(29)14-21(24(27)30)26-18-6-2-3-7-18/h4-5,8-13,18,21,26H,2-3,6-7,14-15H2,1H3. The molecule has 2 aromatic carbocycles. The summed E-state index contributed by atoms with van der Waals surface area (Å²) < 4.78 is 10.2. The van der Waals surface area contributed by atoms with Crippen LogP contribution in [0.1, 0.15) is 52.8 Å². The molecule has 4 rings (SSSR count). The van der Waals surface area contributed by atoms with Crippen LogP contribution in [0, 0.1) is 0 Å². The lowest BCUT2D eigenvalue weighted by atomic mass is 10.1. The predicted molar refractivity (Wildman–Crippen MR) is 120 cm³/mol. The number of nitrogens with zero attached hydrogens (tertiary/aromatic N) is 1. The maximum Gasteiger partial charge on any atom is 0.338 e. The topological polar surface area (TPSA) is 102 Å². The van der Waals surface area contributed by atoms with Gasteiger partial charge in [-0.05, 0) is 49.2 Å². The largest absolute Gasteiger partial charge is 0.497 e. The van der Waals surface area contributed by atoms with E-state index >= 15 is 0 Å². The molecule has 2 aromatic rings. The molecule has 1 saturated carbocycles. The van der Waals surface area contributed by atoms with E-state index in [4.69, 9.17) is 9.47 Å². The number of carbonyl (C=O) groups excluding carboxylic acids is 4. The Hall–Kier alpha value is -3.52. The van der Waals surface area contributed by atoms with Crippen molar-refractivity contribution in [2.75, 3.05) is 18.6 Å². The molecule has 2 amide bonds. The fourth-order valence-electron chi connectivity index (χ4n) is 4.25. The van der Waals surface area contributed by atoms with Crippen LogP contribution in [0.3, 0.4) is 0 Å². The smallest absolute Gasteiger partial charge is 0.338 e. The molecule has 0 spiro atoms. The number of esters is 1. The molecule has 2 fully saturated rings. The van der Waals surface area contributed by atoms with Gasteiger partial charge in [0, 0.05) is 11.6 Å². The number of hydrogen-bond acceptors (Lipinski definition) is 7. The summed E-state index contributed by atoms with van der Waals surface area (Å²) in [5.74, 6) is -1.03. The maximum absolute atomic E-state index is 12.8. The second-order valence-electron chi connectivity index (χ2n) is 8.25. The highest BCUT2D eigenvalue weighted by molar-refractivity contribution is 6.22. The zero-order valence-corrected chi connectivity index (χ0v) is 18.4. The Morgan fingerprint density at radius 2 is 1.76 bits per heavy atom. The summed E-state index contributed by atoms with van der Waals surface area (Å²) in [5, 5.41) is 3.31. The number of nitrogens with one attached hydrogen (secondary N) is 1. The van der Waals surface area contributed by atoms with E-state index in [1.807, 2.05) is 0 Å². The Labute approximate surface area is 191 Å². The fourth-order valence-corrected chi connectivity index (χ4v) is 4.25. The van der Waals surface area contributed by atoms with Crippen molar-refractivity contribution in [3.05, 3.63) is 59.7 Å². The monoisotopic (exact) mass is 450 g/mol. The minimum atomic E-state index is -0.669. The molecule has 1 unspecified atom stereocenters. The SMILES string of the molecule is COc1cccc(C(=O)COC(=O)c2ccc(N3C(=O)CC(NC4CCCC4)C3=O)cc2)c1. The Morgan fingerprint density at radius 3 is 2.45 bits per heavy atom. The number of carbonyl (C=O) groups is 4. The molecule has 8 heteroatoms. The molecular formula is C25H26N2O6. The normalized spacial score (nSPS) is 18.6. The van der Waals surface area contributed by atoms with Crippen molar-refractivity contribution in [1.29, 1.82) is 0 Å². The number of amides is 2.